The third-order valence-corrected chi connectivity index (χ3v) is 3.73. The fourth-order valence-electron chi connectivity index (χ4n) is 2.54. The lowest BCUT2D eigenvalue weighted by Gasteiger charge is -2.19. The number of likely N-dealkylation sites (N-methyl/N-ethyl adjacent to an activating group) is 1. The van der Waals surface area contributed by atoms with Gasteiger partial charge in [0.05, 0.1) is 6.54 Å². The molecule has 3 nitrogen and oxygen atoms in total. The van der Waals surface area contributed by atoms with Crippen LogP contribution in [0.15, 0.2) is 42.0 Å². The van der Waals surface area contributed by atoms with E-state index in [1.54, 1.807) is 0 Å². The van der Waals surface area contributed by atoms with E-state index in [9.17, 15) is 4.79 Å². The fourth-order valence-corrected chi connectivity index (χ4v) is 2.54. The summed E-state index contributed by atoms with van der Waals surface area (Å²) in [5, 5.41) is 3.01. The lowest BCUT2D eigenvalue weighted by Crippen LogP contribution is -2.35. The zero-order valence-corrected chi connectivity index (χ0v) is 12.3. The summed E-state index contributed by atoms with van der Waals surface area (Å²) >= 11 is 0. The molecular weight excluding hydrogens is 248 g/mol. The molecule has 20 heavy (non-hydrogen) atoms. The van der Waals surface area contributed by atoms with Gasteiger partial charge in [-0.2, -0.15) is 0 Å². The number of allylic oxidation sites excluding steroid dienone is 1. The van der Waals surface area contributed by atoms with Crippen LogP contribution < -0.4 is 10.2 Å². The molecule has 0 bridgehead atoms. The van der Waals surface area contributed by atoms with Crippen LogP contribution in [0.25, 0.3) is 0 Å². The number of para-hydroxylation sites is 1. The highest BCUT2D eigenvalue weighted by molar-refractivity contribution is 5.81. The number of carbonyl (C=O) groups is 1. The first-order chi connectivity index (χ1) is 9.75. The normalized spacial score (nSPS) is 14.6. The Kier molecular flexibility index (Phi) is 5.66. The second-order valence-electron chi connectivity index (χ2n) is 5.40. The standard InChI is InChI=1S/C17H24N2O/c1-19(16-10-6-3-7-11-16)14-17(20)18-13-12-15-8-4-2-5-9-15/h3,6-8,10-11H,2,4-5,9,12-14H2,1H3,(H,18,20). The van der Waals surface area contributed by atoms with Gasteiger partial charge in [0, 0.05) is 19.3 Å². The minimum atomic E-state index is 0.0905. The highest BCUT2D eigenvalue weighted by Crippen LogP contribution is 2.19. The molecule has 0 saturated carbocycles. The average Bonchev–Trinajstić information content (AvgIpc) is 2.49. The van der Waals surface area contributed by atoms with Gasteiger partial charge in [-0.3, -0.25) is 4.79 Å². The molecule has 0 fully saturated rings. The van der Waals surface area contributed by atoms with Gasteiger partial charge in [0.15, 0.2) is 0 Å². The van der Waals surface area contributed by atoms with Gasteiger partial charge in [0.1, 0.15) is 0 Å². The number of rotatable bonds is 6. The van der Waals surface area contributed by atoms with E-state index in [1.807, 2.05) is 42.3 Å². The number of hydrogen-bond acceptors (Lipinski definition) is 2. The summed E-state index contributed by atoms with van der Waals surface area (Å²) in [6.45, 7) is 1.16. The average molecular weight is 272 g/mol. The van der Waals surface area contributed by atoms with Gasteiger partial charge < -0.3 is 10.2 Å². The van der Waals surface area contributed by atoms with Gasteiger partial charge in [-0.05, 0) is 44.2 Å². The van der Waals surface area contributed by atoms with Crippen molar-refractivity contribution in [2.45, 2.75) is 32.1 Å². The van der Waals surface area contributed by atoms with Gasteiger partial charge in [-0.1, -0.05) is 29.8 Å². The van der Waals surface area contributed by atoms with Crippen LogP contribution in [0, 0.1) is 0 Å². The second kappa shape index (κ2) is 7.73. The monoisotopic (exact) mass is 272 g/mol. The van der Waals surface area contributed by atoms with Crippen molar-refractivity contribution in [3.05, 3.63) is 42.0 Å². The van der Waals surface area contributed by atoms with Crippen LogP contribution in [0.2, 0.25) is 0 Å². The molecule has 0 aliphatic heterocycles. The van der Waals surface area contributed by atoms with Crippen molar-refractivity contribution in [1.29, 1.82) is 0 Å². The zero-order valence-electron chi connectivity index (χ0n) is 12.3. The maximum Gasteiger partial charge on any atom is 0.239 e. The van der Waals surface area contributed by atoms with Crippen LogP contribution in [0.4, 0.5) is 5.69 Å². The topological polar surface area (TPSA) is 32.3 Å². The summed E-state index contributed by atoms with van der Waals surface area (Å²) in [6.07, 6.45) is 8.38. The Morgan fingerprint density at radius 1 is 1.25 bits per heavy atom. The van der Waals surface area contributed by atoms with Gasteiger partial charge in [0.25, 0.3) is 0 Å². The Hall–Kier alpha value is -1.77. The molecule has 0 unspecified atom stereocenters. The SMILES string of the molecule is CN(CC(=O)NCCC1=CCCCC1)c1ccccc1. The van der Waals surface area contributed by atoms with E-state index in [1.165, 1.54) is 31.3 Å². The van der Waals surface area contributed by atoms with Crippen molar-refractivity contribution in [1.82, 2.24) is 5.32 Å². The van der Waals surface area contributed by atoms with Crippen LogP contribution in [0.1, 0.15) is 32.1 Å². The fraction of sp³-hybridized carbons (Fsp3) is 0.471. The van der Waals surface area contributed by atoms with Gasteiger partial charge in [-0.15, -0.1) is 0 Å². The summed E-state index contributed by atoms with van der Waals surface area (Å²) < 4.78 is 0. The van der Waals surface area contributed by atoms with E-state index >= 15 is 0 Å². The van der Waals surface area contributed by atoms with Crippen molar-refractivity contribution in [2.24, 2.45) is 0 Å². The zero-order chi connectivity index (χ0) is 14.2. The molecule has 3 heteroatoms. The molecule has 0 radical (unpaired) electrons. The first-order valence-electron chi connectivity index (χ1n) is 7.46. The van der Waals surface area contributed by atoms with E-state index in [-0.39, 0.29) is 5.91 Å². The summed E-state index contributed by atoms with van der Waals surface area (Å²) in [4.78, 5) is 13.9. The lowest BCUT2D eigenvalue weighted by molar-refractivity contribution is -0.119. The van der Waals surface area contributed by atoms with Gasteiger partial charge in [-0.25, -0.2) is 0 Å². The molecular formula is C17H24N2O. The number of nitrogens with one attached hydrogen (secondary N) is 1. The smallest absolute Gasteiger partial charge is 0.239 e. The van der Waals surface area contributed by atoms with Crippen molar-refractivity contribution >= 4 is 11.6 Å². The van der Waals surface area contributed by atoms with E-state index in [0.717, 1.165) is 18.7 Å². The molecule has 108 valence electrons. The highest BCUT2D eigenvalue weighted by atomic mass is 16.2. The minimum absolute atomic E-state index is 0.0905. The second-order valence-corrected chi connectivity index (χ2v) is 5.40. The number of benzene rings is 1. The third-order valence-electron chi connectivity index (χ3n) is 3.73. The molecule has 0 saturated heterocycles. The van der Waals surface area contributed by atoms with E-state index in [4.69, 9.17) is 0 Å². The molecule has 1 N–H and O–H groups in total. The maximum absolute atomic E-state index is 11.9. The van der Waals surface area contributed by atoms with Gasteiger partial charge >= 0.3 is 0 Å². The summed E-state index contributed by atoms with van der Waals surface area (Å²) in [5.74, 6) is 0.0905. The van der Waals surface area contributed by atoms with Crippen LogP contribution in [-0.4, -0.2) is 26.0 Å². The molecule has 0 spiro atoms. The number of amides is 1. The molecule has 2 rings (SSSR count). The Morgan fingerprint density at radius 3 is 2.75 bits per heavy atom. The summed E-state index contributed by atoms with van der Waals surface area (Å²) in [6, 6.07) is 9.98. The Bertz CT molecular complexity index is 453. The first-order valence-corrected chi connectivity index (χ1v) is 7.46. The molecule has 0 atom stereocenters. The lowest BCUT2D eigenvalue weighted by atomic mass is 9.97. The van der Waals surface area contributed by atoms with Crippen LogP contribution in [0.3, 0.4) is 0 Å². The third kappa shape index (κ3) is 4.72. The molecule has 1 aliphatic carbocycles. The number of hydrogen-bond donors (Lipinski definition) is 1. The highest BCUT2D eigenvalue weighted by Gasteiger charge is 2.08. The van der Waals surface area contributed by atoms with Crippen LogP contribution in [0.5, 0.6) is 0 Å². The van der Waals surface area contributed by atoms with Crippen molar-refractivity contribution in [3.8, 4) is 0 Å². The predicted molar refractivity (Wildman–Crippen MR) is 83.9 cm³/mol. The first kappa shape index (κ1) is 14.6. The summed E-state index contributed by atoms with van der Waals surface area (Å²) in [5.41, 5.74) is 2.57. The molecule has 0 heterocycles. The number of anilines is 1. The van der Waals surface area contributed by atoms with Gasteiger partial charge in [0.2, 0.25) is 5.91 Å². The van der Waals surface area contributed by atoms with Crippen molar-refractivity contribution < 1.29 is 4.79 Å². The van der Waals surface area contributed by atoms with Crippen molar-refractivity contribution in [3.63, 3.8) is 0 Å². The largest absolute Gasteiger partial charge is 0.365 e. The van der Waals surface area contributed by atoms with E-state index in [2.05, 4.69) is 11.4 Å². The number of nitrogens with zero attached hydrogens (tertiary/aromatic N) is 1. The van der Waals surface area contributed by atoms with Crippen molar-refractivity contribution in [2.75, 3.05) is 25.0 Å². The van der Waals surface area contributed by atoms with Crippen LogP contribution >= 0.6 is 0 Å². The Morgan fingerprint density at radius 2 is 2.05 bits per heavy atom. The molecule has 0 aromatic heterocycles. The quantitative estimate of drug-likeness (QED) is 0.807. The molecule has 1 aromatic rings. The Balaban J connectivity index is 1.69. The maximum atomic E-state index is 11.9. The molecule has 1 aromatic carbocycles. The number of carbonyl (C=O) groups excluding carboxylic acids is 1. The summed E-state index contributed by atoms with van der Waals surface area (Å²) in [7, 11) is 1.94. The molecule has 1 aliphatic rings. The van der Waals surface area contributed by atoms with Crippen LogP contribution in [-0.2, 0) is 4.79 Å². The van der Waals surface area contributed by atoms with E-state index in [0.29, 0.717) is 6.54 Å². The van der Waals surface area contributed by atoms with E-state index < -0.39 is 0 Å². The Labute approximate surface area is 121 Å². The minimum Gasteiger partial charge on any atom is -0.365 e. The predicted octanol–water partition coefficient (Wildman–Crippen LogP) is 3.13. The molecule has 1 amide bonds.